The molecular formula is C16H25NO3. The minimum atomic E-state index is 0.169. The SMILES string of the molecule is CCCNC1c2c(OC)cc(OC)cc2OC1CCC. The number of ether oxygens (including phenoxy) is 3. The molecule has 1 aliphatic rings. The Morgan fingerprint density at radius 2 is 1.95 bits per heavy atom. The van der Waals surface area contributed by atoms with Crippen LogP contribution in [-0.4, -0.2) is 26.9 Å². The summed E-state index contributed by atoms with van der Waals surface area (Å²) in [7, 11) is 3.35. The quantitative estimate of drug-likeness (QED) is 0.831. The number of benzene rings is 1. The highest BCUT2D eigenvalue weighted by atomic mass is 16.5. The van der Waals surface area contributed by atoms with Crippen molar-refractivity contribution in [3.05, 3.63) is 17.7 Å². The summed E-state index contributed by atoms with van der Waals surface area (Å²) in [6.45, 7) is 5.33. The van der Waals surface area contributed by atoms with Gasteiger partial charge in [-0.1, -0.05) is 20.3 Å². The predicted octanol–water partition coefficient (Wildman–Crippen LogP) is 3.31. The van der Waals surface area contributed by atoms with E-state index in [-0.39, 0.29) is 12.1 Å². The summed E-state index contributed by atoms with van der Waals surface area (Å²) in [4.78, 5) is 0. The van der Waals surface area contributed by atoms with Crippen molar-refractivity contribution in [2.24, 2.45) is 0 Å². The van der Waals surface area contributed by atoms with Crippen LogP contribution in [0.25, 0.3) is 0 Å². The molecule has 0 fully saturated rings. The number of rotatable bonds is 7. The molecule has 1 N–H and O–H groups in total. The molecule has 112 valence electrons. The van der Waals surface area contributed by atoms with E-state index < -0.39 is 0 Å². The fraction of sp³-hybridized carbons (Fsp3) is 0.625. The molecule has 1 aromatic carbocycles. The topological polar surface area (TPSA) is 39.7 Å². The van der Waals surface area contributed by atoms with Gasteiger partial charge in [0.05, 0.1) is 25.8 Å². The number of nitrogens with one attached hydrogen (secondary N) is 1. The Morgan fingerprint density at radius 3 is 2.55 bits per heavy atom. The van der Waals surface area contributed by atoms with Crippen LogP contribution in [0.15, 0.2) is 12.1 Å². The van der Waals surface area contributed by atoms with Gasteiger partial charge >= 0.3 is 0 Å². The maximum atomic E-state index is 6.12. The van der Waals surface area contributed by atoms with Crippen LogP contribution in [0.5, 0.6) is 17.2 Å². The first-order valence-corrected chi connectivity index (χ1v) is 7.41. The highest BCUT2D eigenvalue weighted by molar-refractivity contribution is 5.55. The first kappa shape index (κ1) is 15.0. The summed E-state index contributed by atoms with van der Waals surface area (Å²) in [6.07, 6.45) is 3.40. The summed E-state index contributed by atoms with van der Waals surface area (Å²) < 4.78 is 17.0. The lowest BCUT2D eigenvalue weighted by Gasteiger charge is -2.20. The van der Waals surface area contributed by atoms with Crippen LogP contribution in [0, 0.1) is 0 Å². The van der Waals surface area contributed by atoms with Crippen molar-refractivity contribution in [2.75, 3.05) is 20.8 Å². The average Bonchev–Trinajstić information content (AvgIpc) is 2.81. The molecule has 0 saturated carbocycles. The molecule has 4 nitrogen and oxygen atoms in total. The molecule has 0 aliphatic carbocycles. The van der Waals surface area contributed by atoms with Gasteiger partial charge in [-0.05, 0) is 19.4 Å². The zero-order chi connectivity index (χ0) is 14.5. The van der Waals surface area contributed by atoms with Gasteiger partial charge in [0.15, 0.2) is 0 Å². The Kier molecular flexibility index (Phi) is 5.12. The van der Waals surface area contributed by atoms with E-state index in [1.54, 1.807) is 14.2 Å². The lowest BCUT2D eigenvalue weighted by molar-refractivity contribution is 0.177. The van der Waals surface area contributed by atoms with E-state index in [0.29, 0.717) is 0 Å². The Bertz CT molecular complexity index is 448. The molecule has 2 unspecified atom stereocenters. The molecule has 2 atom stereocenters. The number of methoxy groups -OCH3 is 2. The average molecular weight is 279 g/mol. The van der Waals surface area contributed by atoms with E-state index in [4.69, 9.17) is 14.2 Å². The van der Waals surface area contributed by atoms with Crippen LogP contribution < -0.4 is 19.5 Å². The van der Waals surface area contributed by atoms with Crippen molar-refractivity contribution in [3.63, 3.8) is 0 Å². The number of hydrogen-bond acceptors (Lipinski definition) is 4. The summed E-state index contributed by atoms with van der Waals surface area (Å²) in [5.74, 6) is 2.49. The van der Waals surface area contributed by atoms with Gasteiger partial charge in [0.2, 0.25) is 0 Å². The predicted molar refractivity (Wildman–Crippen MR) is 79.9 cm³/mol. The van der Waals surface area contributed by atoms with Gasteiger partial charge in [-0.15, -0.1) is 0 Å². The monoisotopic (exact) mass is 279 g/mol. The summed E-state index contributed by atoms with van der Waals surface area (Å²) in [5, 5.41) is 3.59. The van der Waals surface area contributed by atoms with E-state index in [1.165, 1.54) is 0 Å². The van der Waals surface area contributed by atoms with Gasteiger partial charge in [0, 0.05) is 12.1 Å². The Balaban J connectivity index is 2.36. The zero-order valence-electron chi connectivity index (χ0n) is 12.9. The molecule has 4 heteroatoms. The van der Waals surface area contributed by atoms with E-state index in [0.717, 1.165) is 48.6 Å². The highest BCUT2D eigenvalue weighted by Gasteiger charge is 2.36. The first-order chi connectivity index (χ1) is 9.74. The summed E-state index contributed by atoms with van der Waals surface area (Å²) >= 11 is 0. The van der Waals surface area contributed by atoms with Crippen molar-refractivity contribution < 1.29 is 14.2 Å². The molecule has 20 heavy (non-hydrogen) atoms. The molecular weight excluding hydrogens is 254 g/mol. The third-order valence-electron chi connectivity index (χ3n) is 3.68. The van der Waals surface area contributed by atoms with E-state index in [9.17, 15) is 0 Å². The Labute approximate surface area is 121 Å². The third kappa shape index (κ3) is 2.85. The Hall–Kier alpha value is -1.42. The highest BCUT2D eigenvalue weighted by Crippen LogP contribution is 2.46. The molecule has 1 aliphatic heterocycles. The maximum Gasteiger partial charge on any atom is 0.132 e. The fourth-order valence-electron chi connectivity index (χ4n) is 2.73. The second-order valence-electron chi connectivity index (χ2n) is 5.12. The van der Waals surface area contributed by atoms with Crippen LogP contribution in [0.2, 0.25) is 0 Å². The number of fused-ring (bicyclic) bond motifs is 1. The third-order valence-corrected chi connectivity index (χ3v) is 3.68. The lowest BCUT2D eigenvalue weighted by atomic mass is 9.99. The fourth-order valence-corrected chi connectivity index (χ4v) is 2.73. The minimum absolute atomic E-state index is 0.169. The Morgan fingerprint density at radius 1 is 1.15 bits per heavy atom. The molecule has 0 radical (unpaired) electrons. The van der Waals surface area contributed by atoms with Gasteiger partial charge < -0.3 is 19.5 Å². The molecule has 1 heterocycles. The standard InChI is InChI=1S/C16H25NO3/c1-5-7-12-16(17-8-6-2)15-13(19-4)9-11(18-3)10-14(15)20-12/h9-10,12,16-17H,5-8H2,1-4H3. The zero-order valence-corrected chi connectivity index (χ0v) is 12.9. The van der Waals surface area contributed by atoms with Crippen LogP contribution in [0.1, 0.15) is 44.7 Å². The summed E-state index contributed by atoms with van der Waals surface area (Å²) in [6, 6.07) is 4.08. The van der Waals surface area contributed by atoms with Crippen molar-refractivity contribution in [1.82, 2.24) is 5.32 Å². The van der Waals surface area contributed by atoms with Crippen molar-refractivity contribution >= 4 is 0 Å². The minimum Gasteiger partial charge on any atom is -0.496 e. The molecule has 1 aromatic rings. The molecule has 2 rings (SSSR count). The van der Waals surface area contributed by atoms with Crippen molar-refractivity contribution in [3.8, 4) is 17.2 Å². The van der Waals surface area contributed by atoms with Gasteiger partial charge in [-0.3, -0.25) is 0 Å². The van der Waals surface area contributed by atoms with Crippen LogP contribution in [0.3, 0.4) is 0 Å². The number of hydrogen-bond donors (Lipinski definition) is 1. The van der Waals surface area contributed by atoms with Gasteiger partial charge in [-0.2, -0.15) is 0 Å². The van der Waals surface area contributed by atoms with Crippen LogP contribution in [0.4, 0.5) is 0 Å². The molecule has 0 amide bonds. The molecule has 0 spiro atoms. The van der Waals surface area contributed by atoms with Crippen molar-refractivity contribution in [1.29, 1.82) is 0 Å². The largest absolute Gasteiger partial charge is 0.496 e. The smallest absolute Gasteiger partial charge is 0.132 e. The maximum absolute atomic E-state index is 6.12. The van der Waals surface area contributed by atoms with Crippen molar-refractivity contribution in [2.45, 2.75) is 45.3 Å². The first-order valence-electron chi connectivity index (χ1n) is 7.41. The normalized spacial score (nSPS) is 20.4. The van der Waals surface area contributed by atoms with E-state index in [2.05, 4.69) is 19.2 Å². The second kappa shape index (κ2) is 6.84. The van der Waals surface area contributed by atoms with Crippen LogP contribution >= 0.6 is 0 Å². The second-order valence-corrected chi connectivity index (χ2v) is 5.12. The van der Waals surface area contributed by atoms with Gasteiger partial charge in [0.1, 0.15) is 23.4 Å². The lowest BCUT2D eigenvalue weighted by Crippen LogP contribution is -2.31. The molecule has 0 aromatic heterocycles. The van der Waals surface area contributed by atoms with Gasteiger partial charge in [0.25, 0.3) is 0 Å². The van der Waals surface area contributed by atoms with E-state index >= 15 is 0 Å². The molecule has 0 bridgehead atoms. The summed E-state index contributed by atoms with van der Waals surface area (Å²) in [5.41, 5.74) is 1.13. The molecule has 0 saturated heterocycles. The van der Waals surface area contributed by atoms with Crippen LogP contribution in [-0.2, 0) is 0 Å². The van der Waals surface area contributed by atoms with Gasteiger partial charge in [-0.25, -0.2) is 0 Å². The van der Waals surface area contributed by atoms with E-state index in [1.807, 2.05) is 12.1 Å².